The lowest BCUT2D eigenvalue weighted by Crippen LogP contribution is -2.58. The number of halogens is 7. The lowest BCUT2D eigenvalue weighted by atomic mass is 9.67. The first-order chi connectivity index (χ1) is 15.2. The molecule has 10 heteroatoms. The Balaban J connectivity index is 1.89. The van der Waals surface area contributed by atoms with Crippen LogP contribution in [0.4, 0.5) is 30.7 Å². The van der Waals surface area contributed by atoms with Crippen LogP contribution in [0.5, 0.6) is 0 Å². The van der Waals surface area contributed by atoms with E-state index in [0.717, 1.165) is 30.0 Å². The van der Waals surface area contributed by atoms with Crippen molar-refractivity contribution in [3.8, 4) is 6.07 Å². The van der Waals surface area contributed by atoms with E-state index in [1.807, 2.05) is 6.07 Å². The lowest BCUT2D eigenvalue weighted by molar-refractivity contribution is -0.258. The molecule has 2 unspecified atom stereocenters. The molecule has 172 valence electrons. The lowest BCUT2D eigenvalue weighted by Gasteiger charge is -2.51. The molecule has 2 aliphatic heterocycles. The van der Waals surface area contributed by atoms with Crippen molar-refractivity contribution in [1.29, 1.82) is 5.26 Å². The van der Waals surface area contributed by atoms with Crippen LogP contribution < -0.4 is 0 Å². The second-order valence-corrected chi connectivity index (χ2v) is 10.2. The second-order valence-electron chi connectivity index (χ2n) is 8.72. The Morgan fingerprint density at radius 1 is 0.879 bits per heavy atom. The topological polar surface area (TPSA) is 27.0 Å². The summed E-state index contributed by atoms with van der Waals surface area (Å²) in [6.45, 7) is 2.99. The standard InChI is InChI=1S/C23H15F7N2S/c1-19-14(8-13(10-31)32(19)3)17-18(22(27,28)23(29,30)21(17,25)26)15-9-16(33-20(15,19)2)11-4-6-12(24)7-5-11/h4-9H,1-3H3. The van der Waals surface area contributed by atoms with Gasteiger partial charge < -0.3 is 4.90 Å². The maximum Gasteiger partial charge on any atom is 0.380 e. The third kappa shape index (κ3) is 2.22. The van der Waals surface area contributed by atoms with Crippen LogP contribution in [0.15, 0.2) is 64.4 Å². The number of nitrogens with zero attached hydrogens (tertiary/aromatic N) is 2. The van der Waals surface area contributed by atoms with Crippen LogP contribution in [0.25, 0.3) is 4.91 Å². The quantitative estimate of drug-likeness (QED) is 0.437. The highest BCUT2D eigenvalue weighted by atomic mass is 32.2. The van der Waals surface area contributed by atoms with Gasteiger partial charge in [0, 0.05) is 23.1 Å². The molecule has 0 amide bonds. The molecule has 5 rings (SSSR count). The SMILES string of the molecule is CN1C(C#N)=CC2=C3C(=C4C=C(c5ccc(F)cc5)SC4(C)C21C)C(F)(F)C(F)(F)C3(F)F. The van der Waals surface area contributed by atoms with Gasteiger partial charge in [-0.15, -0.1) is 11.8 Å². The molecule has 2 atom stereocenters. The zero-order valence-electron chi connectivity index (χ0n) is 17.4. The number of rotatable bonds is 1. The van der Waals surface area contributed by atoms with Gasteiger partial charge in [0.25, 0.3) is 0 Å². The van der Waals surface area contributed by atoms with Gasteiger partial charge in [-0.2, -0.15) is 31.6 Å². The van der Waals surface area contributed by atoms with Gasteiger partial charge in [-0.25, -0.2) is 4.39 Å². The van der Waals surface area contributed by atoms with E-state index < -0.39 is 50.6 Å². The monoisotopic (exact) mass is 484 g/mol. The van der Waals surface area contributed by atoms with Crippen molar-refractivity contribution in [2.45, 2.75) is 41.9 Å². The molecule has 2 nitrogen and oxygen atoms in total. The molecule has 0 bridgehead atoms. The third-order valence-electron chi connectivity index (χ3n) is 7.32. The van der Waals surface area contributed by atoms with Gasteiger partial charge >= 0.3 is 17.8 Å². The minimum absolute atomic E-state index is 0.105. The van der Waals surface area contributed by atoms with E-state index >= 15 is 17.6 Å². The van der Waals surface area contributed by atoms with Crippen LogP contribution in [0, 0.1) is 17.1 Å². The zero-order chi connectivity index (χ0) is 24.4. The molecule has 1 fully saturated rings. The summed E-state index contributed by atoms with van der Waals surface area (Å²) in [5.74, 6) is -16.5. The molecule has 1 aromatic carbocycles. The summed E-state index contributed by atoms with van der Waals surface area (Å²) < 4.78 is 101. The largest absolute Gasteiger partial charge is 0.380 e. The Kier molecular flexibility index (Phi) is 4.06. The van der Waals surface area contributed by atoms with E-state index in [-0.39, 0.29) is 11.3 Å². The van der Waals surface area contributed by atoms with Crippen LogP contribution >= 0.6 is 11.8 Å². The number of thioether (sulfide) groups is 1. The van der Waals surface area contributed by atoms with Crippen molar-refractivity contribution in [2.75, 3.05) is 7.05 Å². The number of nitriles is 1. The summed E-state index contributed by atoms with van der Waals surface area (Å²) in [5.41, 5.74) is -4.81. The average Bonchev–Trinajstić information content (AvgIpc) is 3.26. The van der Waals surface area contributed by atoms with E-state index in [2.05, 4.69) is 0 Å². The van der Waals surface area contributed by atoms with Crippen LogP contribution in [-0.2, 0) is 0 Å². The molecule has 33 heavy (non-hydrogen) atoms. The van der Waals surface area contributed by atoms with Gasteiger partial charge in [0.05, 0.1) is 10.3 Å². The van der Waals surface area contributed by atoms with Crippen molar-refractivity contribution in [3.63, 3.8) is 0 Å². The van der Waals surface area contributed by atoms with E-state index in [4.69, 9.17) is 0 Å². The van der Waals surface area contributed by atoms with Gasteiger partial charge in [-0.1, -0.05) is 12.1 Å². The first kappa shape index (κ1) is 22.1. The summed E-state index contributed by atoms with van der Waals surface area (Å²) >= 11 is 1.04. The second kappa shape index (κ2) is 6.06. The Morgan fingerprint density at radius 2 is 1.42 bits per heavy atom. The number of benzene rings is 1. The van der Waals surface area contributed by atoms with Crippen LogP contribution in [0.1, 0.15) is 19.4 Å². The predicted molar refractivity (Wildman–Crippen MR) is 109 cm³/mol. The number of hydrogen-bond acceptors (Lipinski definition) is 3. The number of alkyl halides is 6. The fourth-order valence-corrected chi connectivity index (χ4v) is 6.82. The highest BCUT2D eigenvalue weighted by Crippen LogP contribution is 2.72. The van der Waals surface area contributed by atoms with Crippen molar-refractivity contribution < 1.29 is 30.7 Å². The minimum atomic E-state index is -5.66. The smallest absolute Gasteiger partial charge is 0.355 e. The minimum Gasteiger partial charge on any atom is -0.355 e. The van der Waals surface area contributed by atoms with Crippen molar-refractivity contribution >= 4 is 16.7 Å². The first-order valence-corrected chi connectivity index (χ1v) is 10.6. The highest BCUT2D eigenvalue weighted by Gasteiger charge is 2.84. The molecule has 0 radical (unpaired) electrons. The summed E-state index contributed by atoms with van der Waals surface area (Å²) in [7, 11) is 1.44. The molecule has 0 spiro atoms. The normalized spacial score (nSPS) is 32.8. The van der Waals surface area contributed by atoms with Gasteiger partial charge in [0.1, 0.15) is 17.6 Å². The van der Waals surface area contributed by atoms with Crippen molar-refractivity contribution in [3.05, 3.63) is 75.8 Å². The molecule has 2 aliphatic carbocycles. The fraction of sp³-hybridized carbons (Fsp3) is 0.348. The van der Waals surface area contributed by atoms with Crippen molar-refractivity contribution in [2.24, 2.45) is 0 Å². The molecule has 2 heterocycles. The van der Waals surface area contributed by atoms with Crippen molar-refractivity contribution in [1.82, 2.24) is 4.90 Å². The summed E-state index contributed by atoms with van der Waals surface area (Å²) in [4.78, 5) is 1.71. The molecule has 1 aromatic rings. The maximum absolute atomic E-state index is 15.1. The fourth-order valence-electron chi connectivity index (χ4n) is 5.23. The van der Waals surface area contributed by atoms with Crippen LogP contribution in [-0.4, -0.2) is 40.0 Å². The number of likely N-dealkylation sites (N-methyl/N-ethyl adjacent to an activating group) is 1. The molecule has 0 N–H and O–H groups in total. The molecule has 4 aliphatic rings. The van der Waals surface area contributed by atoms with E-state index in [0.29, 0.717) is 10.5 Å². The number of fused-ring (bicyclic) bond motifs is 4. The average molecular weight is 484 g/mol. The van der Waals surface area contributed by atoms with Gasteiger partial charge in [-0.05, 0) is 54.8 Å². The van der Waals surface area contributed by atoms with E-state index in [1.54, 1.807) is 0 Å². The van der Waals surface area contributed by atoms with E-state index in [1.165, 1.54) is 44.0 Å². The summed E-state index contributed by atoms with van der Waals surface area (Å²) in [6.07, 6.45) is 2.21. The summed E-state index contributed by atoms with van der Waals surface area (Å²) in [5, 5.41) is 9.52. The number of allylic oxidation sites excluding steroid dienone is 4. The van der Waals surface area contributed by atoms with Crippen LogP contribution in [0.3, 0.4) is 0 Å². The molecule has 0 aromatic heterocycles. The maximum atomic E-state index is 15.1. The molecule has 1 saturated carbocycles. The molecule has 0 saturated heterocycles. The predicted octanol–water partition coefficient (Wildman–Crippen LogP) is 6.31. The Morgan fingerprint density at radius 3 is 1.97 bits per heavy atom. The van der Waals surface area contributed by atoms with Gasteiger partial charge in [-0.3, -0.25) is 0 Å². The van der Waals surface area contributed by atoms with Crippen LogP contribution in [0.2, 0.25) is 0 Å². The zero-order valence-corrected chi connectivity index (χ0v) is 18.2. The van der Waals surface area contributed by atoms with Gasteiger partial charge in [0.15, 0.2) is 0 Å². The van der Waals surface area contributed by atoms with E-state index in [9.17, 15) is 18.4 Å². The Labute approximate surface area is 188 Å². The Hall–Kier alpha value is -2.67. The molecular weight excluding hydrogens is 469 g/mol. The Bertz CT molecular complexity index is 1280. The first-order valence-electron chi connectivity index (χ1n) is 9.83. The van der Waals surface area contributed by atoms with Gasteiger partial charge in [0.2, 0.25) is 0 Å². The summed E-state index contributed by atoms with van der Waals surface area (Å²) in [6, 6.07) is 6.93. The third-order valence-corrected chi connectivity index (χ3v) is 8.92. The number of hydrogen-bond donors (Lipinski definition) is 0. The highest BCUT2D eigenvalue weighted by molar-refractivity contribution is 8.10. The molecular formula is C23H15F7N2S.